The van der Waals surface area contributed by atoms with Crippen molar-refractivity contribution in [2.45, 2.75) is 26.9 Å². The molecule has 8 nitrogen and oxygen atoms in total. The van der Waals surface area contributed by atoms with Crippen molar-refractivity contribution in [2.24, 2.45) is 0 Å². The van der Waals surface area contributed by atoms with Crippen molar-refractivity contribution >= 4 is 22.5 Å². The van der Waals surface area contributed by atoms with E-state index in [1.165, 1.54) is 4.68 Å². The third-order valence-electron chi connectivity index (χ3n) is 4.60. The standard InChI is InChI=1S/C20H20N4O4/c1-12-8-16-18(28-12)9-17-20(26)23(22-13(2)24(16)17)11-19(25)21-10-14-4-6-15(27-3)7-5-14/h4-9H,10-11H2,1-3H3,(H,21,25). The minimum absolute atomic E-state index is 0.155. The Morgan fingerprint density at radius 1 is 1.18 bits per heavy atom. The number of carbonyl (C=O) groups excluding carboxylic acids is 1. The molecule has 0 aliphatic carbocycles. The van der Waals surface area contributed by atoms with E-state index in [0.717, 1.165) is 22.6 Å². The Kier molecular flexibility index (Phi) is 4.38. The Morgan fingerprint density at radius 3 is 2.64 bits per heavy atom. The van der Waals surface area contributed by atoms with Crippen LogP contribution in [-0.4, -0.2) is 27.2 Å². The fourth-order valence-electron chi connectivity index (χ4n) is 3.26. The van der Waals surface area contributed by atoms with Gasteiger partial charge in [0, 0.05) is 18.7 Å². The monoisotopic (exact) mass is 380 g/mol. The van der Waals surface area contributed by atoms with Crippen LogP contribution in [0.1, 0.15) is 17.1 Å². The van der Waals surface area contributed by atoms with Crippen LogP contribution >= 0.6 is 0 Å². The maximum absolute atomic E-state index is 12.8. The second-order valence-corrected chi connectivity index (χ2v) is 6.61. The summed E-state index contributed by atoms with van der Waals surface area (Å²) in [6, 6.07) is 11.0. The molecule has 0 saturated heterocycles. The number of rotatable bonds is 5. The maximum atomic E-state index is 12.8. The number of carbonyl (C=O) groups is 1. The van der Waals surface area contributed by atoms with Crippen LogP contribution in [0.15, 0.2) is 45.6 Å². The van der Waals surface area contributed by atoms with Crippen LogP contribution in [0.25, 0.3) is 16.6 Å². The van der Waals surface area contributed by atoms with Crippen molar-refractivity contribution in [3.05, 3.63) is 63.9 Å². The Morgan fingerprint density at radius 2 is 1.93 bits per heavy atom. The number of furan rings is 1. The van der Waals surface area contributed by atoms with Gasteiger partial charge in [-0.25, -0.2) is 4.68 Å². The van der Waals surface area contributed by atoms with Crippen LogP contribution in [-0.2, 0) is 17.9 Å². The lowest BCUT2D eigenvalue weighted by molar-refractivity contribution is -0.122. The molecule has 0 aliphatic rings. The van der Waals surface area contributed by atoms with Gasteiger partial charge < -0.3 is 14.5 Å². The highest BCUT2D eigenvalue weighted by Crippen LogP contribution is 2.22. The molecule has 0 spiro atoms. The van der Waals surface area contributed by atoms with E-state index in [1.54, 1.807) is 24.5 Å². The number of methoxy groups -OCH3 is 1. The second-order valence-electron chi connectivity index (χ2n) is 6.61. The van der Waals surface area contributed by atoms with Gasteiger partial charge in [0.15, 0.2) is 5.58 Å². The third-order valence-corrected chi connectivity index (χ3v) is 4.60. The maximum Gasteiger partial charge on any atom is 0.291 e. The van der Waals surface area contributed by atoms with Crippen LogP contribution in [0.5, 0.6) is 5.75 Å². The number of amides is 1. The summed E-state index contributed by atoms with van der Waals surface area (Å²) >= 11 is 0. The molecule has 28 heavy (non-hydrogen) atoms. The summed E-state index contributed by atoms with van der Waals surface area (Å²) in [5.41, 5.74) is 2.45. The summed E-state index contributed by atoms with van der Waals surface area (Å²) in [5, 5.41) is 7.10. The molecule has 4 rings (SSSR count). The van der Waals surface area contributed by atoms with Crippen molar-refractivity contribution in [1.29, 1.82) is 0 Å². The van der Waals surface area contributed by atoms with Gasteiger partial charge >= 0.3 is 0 Å². The van der Waals surface area contributed by atoms with Gasteiger partial charge in [0.2, 0.25) is 5.91 Å². The fourth-order valence-corrected chi connectivity index (χ4v) is 3.26. The number of hydrogen-bond acceptors (Lipinski definition) is 5. The summed E-state index contributed by atoms with van der Waals surface area (Å²) < 4.78 is 13.6. The molecule has 144 valence electrons. The molecule has 1 aromatic carbocycles. The quantitative estimate of drug-likeness (QED) is 0.573. The van der Waals surface area contributed by atoms with Gasteiger partial charge in [0.25, 0.3) is 5.56 Å². The molecule has 0 atom stereocenters. The molecule has 3 aromatic heterocycles. The fraction of sp³-hybridized carbons (Fsp3) is 0.250. The summed E-state index contributed by atoms with van der Waals surface area (Å²) in [6.45, 7) is 3.84. The smallest absolute Gasteiger partial charge is 0.291 e. The molecule has 3 heterocycles. The summed E-state index contributed by atoms with van der Waals surface area (Å²) in [7, 11) is 1.60. The SMILES string of the molecule is COc1ccc(CNC(=O)Cn2nc(C)n3c(cc4oc(C)cc43)c2=O)cc1. The minimum Gasteiger partial charge on any atom is -0.497 e. The van der Waals surface area contributed by atoms with Crippen LogP contribution in [0.2, 0.25) is 0 Å². The Balaban J connectivity index is 1.54. The molecule has 0 bridgehead atoms. The lowest BCUT2D eigenvalue weighted by Gasteiger charge is -2.09. The number of hydrogen-bond donors (Lipinski definition) is 1. The van der Waals surface area contributed by atoms with Gasteiger partial charge in [-0.05, 0) is 31.5 Å². The second kappa shape index (κ2) is 6.88. The van der Waals surface area contributed by atoms with Gasteiger partial charge in [-0.1, -0.05) is 12.1 Å². The first-order valence-corrected chi connectivity index (χ1v) is 8.85. The summed E-state index contributed by atoms with van der Waals surface area (Å²) in [4.78, 5) is 25.1. The van der Waals surface area contributed by atoms with Crippen molar-refractivity contribution in [1.82, 2.24) is 19.5 Å². The highest BCUT2D eigenvalue weighted by Gasteiger charge is 2.16. The lowest BCUT2D eigenvalue weighted by atomic mass is 10.2. The van der Waals surface area contributed by atoms with Crippen LogP contribution in [0.4, 0.5) is 0 Å². The van der Waals surface area contributed by atoms with E-state index in [1.807, 2.05) is 37.3 Å². The zero-order valence-electron chi connectivity index (χ0n) is 15.9. The van der Waals surface area contributed by atoms with Crippen molar-refractivity contribution in [3.8, 4) is 5.75 Å². The first-order chi connectivity index (χ1) is 13.5. The van der Waals surface area contributed by atoms with Crippen molar-refractivity contribution < 1.29 is 13.9 Å². The zero-order valence-corrected chi connectivity index (χ0v) is 15.9. The van der Waals surface area contributed by atoms with E-state index in [0.29, 0.717) is 23.5 Å². The Bertz CT molecular complexity index is 1230. The average Bonchev–Trinajstić information content (AvgIpc) is 3.20. The van der Waals surface area contributed by atoms with Gasteiger partial charge in [-0.3, -0.25) is 14.0 Å². The predicted octanol–water partition coefficient (Wildman–Crippen LogP) is 2.18. The van der Waals surface area contributed by atoms with E-state index in [2.05, 4.69) is 10.4 Å². The topological polar surface area (TPSA) is 90.8 Å². The molecule has 0 saturated carbocycles. The molecule has 0 aliphatic heterocycles. The minimum atomic E-state index is -0.339. The molecule has 0 unspecified atom stereocenters. The number of nitrogens with one attached hydrogen (secondary N) is 1. The van der Waals surface area contributed by atoms with E-state index < -0.39 is 0 Å². The Hall–Kier alpha value is -3.55. The molecule has 1 N–H and O–H groups in total. The van der Waals surface area contributed by atoms with E-state index in [9.17, 15) is 9.59 Å². The van der Waals surface area contributed by atoms with Gasteiger partial charge in [-0.2, -0.15) is 5.10 Å². The van der Waals surface area contributed by atoms with E-state index >= 15 is 0 Å². The molecule has 0 fully saturated rings. The van der Waals surface area contributed by atoms with Crippen LogP contribution in [0, 0.1) is 13.8 Å². The predicted molar refractivity (Wildman–Crippen MR) is 104 cm³/mol. The van der Waals surface area contributed by atoms with Gasteiger partial charge in [0.05, 0.1) is 12.6 Å². The number of fused-ring (bicyclic) bond motifs is 3. The zero-order chi connectivity index (χ0) is 19.8. The van der Waals surface area contributed by atoms with Crippen molar-refractivity contribution in [2.75, 3.05) is 7.11 Å². The van der Waals surface area contributed by atoms with Crippen molar-refractivity contribution in [3.63, 3.8) is 0 Å². The molecular weight excluding hydrogens is 360 g/mol. The highest BCUT2D eigenvalue weighted by molar-refractivity contribution is 5.83. The number of nitrogens with zero attached hydrogens (tertiary/aromatic N) is 3. The highest BCUT2D eigenvalue weighted by atomic mass is 16.5. The normalized spacial score (nSPS) is 11.2. The van der Waals surface area contributed by atoms with Gasteiger partial charge in [0.1, 0.15) is 29.4 Å². The first kappa shape index (κ1) is 17.8. The lowest BCUT2D eigenvalue weighted by Crippen LogP contribution is -2.34. The van der Waals surface area contributed by atoms with E-state index in [4.69, 9.17) is 9.15 Å². The largest absolute Gasteiger partial charge is 0.497 e. The summed E-state index contributed by atoms with van der Waals surface area (Å²) in [5.74, 6) is 1.83. The first-order valence-electron chi connectivity index (χ1n) is 8.85. The van der Waals surface area contributed by atoms with Crippen LogP contribution in [0.3, 0.4) is 0 Å². The third kappa shape index (κ3) is 3.13. The summed E-state index contributed by atoms with van der Waals surface area (Å²) in [6.07, 6.45) is 0. The number of benzene rings is 1. The average molecular weight is 380 g/mol. The molecular formula is C20H20N4O4. The number of aromatic nitrogens is 3. The number of ether oxygens (including phenoxy) is 1. The van der Waals surface area contributed by atoms with Crippen LogP contribution < -0.4 is 15.6 Å². The molecule has 8 heteroatoms. The Labute approximate surface area is 160 Å². The van der Waals surface area contributed by atoms with E-state index in [-0.39, 0.29) is 18.0 Å². The van der Waals surface area contributed by atoms with Gasteiger partial charge in [-0.15, -0.1) is 0 Å². The molecule has 4 aromatic rings. The molecule has 0 radical (unpaired) electrons. The number of aryl methyl sites for hydroxylation is 2. The molecule has 1 amide bonds.